The molecule has 0 radical (unpaired) electrons. The Morgan fingerprint density at radius 3 is 2.69 bits per heavy atom. The molecule has 72 valence electrons. The summed E-state index contributed by atoms with van der Waals surface area (Å²) < 4.78 is 5.28. The summed E-state index contributed by atoms with van der Waals surface area (Å²) in [6, 6.07) is 3.67. The Bertz CT molecular complexity index is 289. The fourth-order valence-corrected chi connectivity index (χ4v) is 1.02. The van der Waals surface area contributed by atoms with E-state index in [4.69, 9.17) is 4.42 Å². The molecule has 0 atom stereocenters. The Hall–Kier alpha value is -1.25. The zero-order valence-corrected chi connectivity index (χ0v) is 8.26. The van der Waals surface area contributed by atoms with Crippen LogP contribution in [-0.4, -0.2) is 11.9 Å². The van der Waals surface area contributed by atoms with Gasteiger partial charge in [0.15, 0.2) is 5.76 Å². The second-order valence-corrected chi connectivity index (χ2v) is 3.25. The highest BCUT2D eigenvalue weighted by Crippen LogP contribution is 2.08. The van der Waals surface area contributed by atoms with E-state index in [1.165, 1.54) is 0 Å². The molecule has 0 aliphatic rings. The summed E-state index contributed by atoms with van der Waals surface area (Å²) in [6.45, 7) is 5.83. The summed E-state index contributed by atoms with van der Waals surface area (Å²) in [5.74, 6) is 1.09. The van der Waals surface area contributed by atoms with Crippen LogP contribution in [0.2, 0.25) is 0 Å². The van der Waals surface area contributed by atoms with Gasteiger partial charge in [-0.25, -0.2) is 0 Å². The Morgan fingerprint density at radius 1 is 1.54 bits per heavy atom. The number of hydrogen-bond acceptors (Lipinski definition) is 2. The van der Waals surface area contributed by atoms with Gasteiger partial charge in [0.2, 0.25) is 0 Å². The van der Waals surface area contributed by atoms with E-state index in [-0.39, 0.29) is 11.9 Å². The number of nitrogens with one attached hydrogen (secondary N) is 1. The summed E-state index contributed by atoms with van der Waals surface area (Å²) in [6.07, 6.45) is 0.814. The average Bonchev–Trinajstić information content (AvgIpc) is 2.50. The Labute approximate surface area is 78.1 Å². The molecule has 0 spiro atoms. The molecule has 3 nitrogen and oxygen atoms in total. The van der Waals surface area contributed by atoms with Crippen LogP contribution in [0.3, 0.4) is 0 Å². The maximum atomic E-state index is 11.4. The summed E-state index contributed by atoms with van der Waals surface area (Å²) in [4.78, 5) is 11.4. The van der Waals surface area contributed by atoms with Gasteiger partial charge in [-0.3, -0.25) is 4.79 Å². The van der Waals surface area contributed by atoms with E-state index in [9.17, 15) is 4.79 Å². The summed E-state index contributed by atoms with van der Waals surface area (Å²) in [5.41, 5.74) is 0. The first-order valence-electron chi connectivity index (χ1n) is 4.53. The first-order valence-corrected chi connectivity index (χ1v) is 4.53. The lowest BCUT2D eigenvalue weighted by Gasteiger charge is -2.05. The van der Waals surface area contributed by atoms with Crippen LogP contribution in [0.4, 0.5) is 0 Å². The summed E-state index contributed by atoms with van der Waals surface area (Å²) in [7, 11) is 0. The van der Waals surface area contributed by atoms with Crippen molar-refractivity contribution in [1.29, 1.82) is 0 Å². The second kappa shape index (κ2) is 4.12. The van der Waals surface area contributed by atoms with Gasteiger partial charge in [0.05, 0.1) is 0 Å². The van der Waals surface area contributed by atoms with Crippen LogP contribution < -0.4 is 5.32 Å². The third kappa shape index (κ3) is 2.61. The molecule has 1 aromatic heterocycles. The van der Waals surface area contributed by atoms with E-state index in [1.807, 2.05) is 26.8 Å². The lowest BCUT2D eigenvalue weighted by Crippen LogP contribution is -2.29. The molecular weight excluding hydrogens is 166 g/mol. The number of aryl methyl sites for hydroxylation is 1. The zero-order valence-electron chi connectivity index (χ0n) is 8.26. The molecule has 1 rings (SSSR count). The fraction of sp³-hybridized carbons (Fsp3) is 0.500. The SMILES string of the molecule is CCc1ccc(C(=O)NC(C)C)o1. The van der Waals surface area contributed by atoms with E-state index in [2.05, 4.69) is 5.32 Å². The Morgan fingerprint density at radius 2 is 2.23 bits per heavy atom. The van der Waals surface area contributed by atoms with E-state index in [1.54, 1.807) is 6.07 Å². The third-order valence-corrected chi connectivity index (χ3v) is 1.65. The van der Waals surface area contributed by atoms with Gasteiger partial charge in [0.25, 0.3) is 5.91 Å². The van der Waals surface area contributed by atoms with Crippen LogP contribution in [0.1, 0.15) is 37.1 Å². The Kier molecular flexibility index (Phi) is 3.12. The van der Waals surface area contributed by atoms with Crippen molar-refractivity contribution in [3.05, 3.63) is 23.7 Å². The predicted octanol–water partition coefficient (Wildman–Crippen LogP) is 1.98. The van der Waals surface area contributed by atoms with Crippen LogP contribution in [0.5, 0.6) is 0 Å². The number of rotatable bonds is 3. The minimum atomic E-state index is -0.144. The van der Waals surface area contributed by atoms with Crippen molar-refractivity contribution in [3.63, 3.8) is 0 Å². The van der Waals surface area contributed by atoms with Crippen LogP contribution in [-0.2, 0) is 6.42 Å². The smallest absolute Gasteiger partial charge is 0.287 e. The monoisotopic (exact) mass is 181 g/mol. The van der Waals surface area contributed by atoms with Gasteiger partial charge >= 0.3 is 0 Å². The molecule has 13 heavy (non-hydrogen) atoms. The summed E-state index contributed by atoms with van der Waals surface area (Å²) in [5, 5.41) is 2.76. The van der Waals surface area contributed by atoms with Gasteiger partial charge in [0.1, 0.15) is 5.76 Å². The van der Waals surface area contributed by atoms with Gasteiger partial charge in [-0.2, -0.15) is 0 Å². The summed E-state index contributed by atoms with van der Waals surface area (Å²) >= 11 is 0. The molecule has 0 aliphatic carbocycles. The molecule has 0 aromatic carbocycles. The van der Waals surface area contributed by atoms with Crippen LogP contribution in [0, 0.1) is 0 Å². The van der Waals surface area contributed by atoms with Gasteiger partial charge in [-0.1, -0.05) is 6.92 Å². The molecule has 0 saturated carbocycles. The highest BCUT2D eigenvalue weighted by Gasteiger charge is 2.10. The Balaban J connectivity index is 2.66. The van der Waals surface area contributed by atoms with Gasteiger partial charge in [-0.15, -0.1) is 0 Å². The highest BCUT2D eigenvalue weighted by molar-refractivity contribution is 5.91. The quantitative estimate of drug-likeness (QED) is 0.774. The third-order valence-electron chi connectivity index (χ3n) is 1.65. The molecule has 0 aliphatic heterocycles. The lowest BCUT2D eigenvalue weighted by molar-refractivity contribution is 0.0913. The van der Waals surface area contributed by atoms with E-state index in [0.29, 0.717) is 5.76 Å². The van der Waals surface area contributed by atoms with Gasteiger partial charge < -0.3 is 9.73 Å². The predicted molar refractivity (Wildman–Crippen MR) is 50.7 cm³/mol. The molecule has 1 amide bonds. The van der Waals surface area contributed by atoms with Crippen LogP contribution in [0.25, 0.3) is 0 Å². The van der Waals surface area contributed by atoms with Gasteiger partial charge in [0, 0.05) is 12.5 Å². The largest absolute Gasteiger partial charge is 0.456 e. The first kappa shape index (κ1) is 9.84. The van der Waals surface area contributed by atoms with Crippen molar-refractivity contribution in [2.24, 2.45) is 0 Å². The molecule has 0 saturated heterocycles. The van der Waals surface area contributed by atoms with Gasteiger partial charge in [-0.05, 0) is 26.0 Å². The van der Waals surface area contributed by atoms with Crippen molar-refractivity contribution in [2.75, 3.05) is 0 Å². The molecule has 0 fully saturated rings. The second-order valence-electron chi connectivity index (χ2n) is 3.25. The molecule has 1 aromatic rings. The minimum Gasteiger partial charge on any atom is -0.456 e. The van der Waals surface area contributed by atoms with Crippen molar-refractivity contribution < 1.29 is 9.21 Å². The van der Waals surface area contributed by atoms with Crippen LogP contribution >= 0.6 is 0 Å². The fourth-order valence-electron chi connectivity index (χ4n) is 1.02. The number of amides is 1. The molecule has 1 N–H and O–H groups in total. The first-order chi connectivity index (χ1) is 6.13. The molecular formula is C10H15NO2. The molecule has 1 heterocycles. The standard InChI is InChI=1S/C10H15NO2/c1-4-8-5-6-9(13-8)10(12)11-7(2)3/h5-7H,4H2,1-3H3,(H,11,12). The molecule has 0 bridgehead atoms. The number of furan rings is 1. The average molecular weight is 181 g/mol. The van der Waals surface area contributed by atoms with Crippen molar-refractivity contribution >= 4 is 5.91 Å². The van der Waals surface area contributed by atoms with Crippen molar-refractivity contribution in [2.45, 2.75) is 33.2 Å². The van der Waals surface area contributed by atoms with E-state index < -0.39 is 0 Å². The minimum absolute atomic E-state index is 0.141. The zero-order chi connectivity index (χ0) is 9.84. The molecule has 0 unspecified atom stereocenters. The van der Waals surface area contributed by atoms with Crippen LogP contribution in [0.15, 0.2) is 16.5 Å². The normalized spacial score (nSPS) is 10.5. The topological polar surface area (TPSA) is 42.2 Å². The number of carbonyl (C=O) groups is 1. The van der Waals surface area contributed by atoms with E-state index >= 15 is 0 Å². The maximum Gasteiger partial charge on any atom is 0.287 e. The number of carbonyl (C=O) groups excluding carboxylic acids is 1. The van der Waals surface area contributed by atoms with E-state index in [0.717, 1.165) is 12.2 Å². The highest BCUT2D eigenvalue weighted by atomic mass is 16.3. The maximum absolute atomic E-state index is 11.4. The van der Waals surface area contributed by atoms with Crippen molar-refractivity contribution in [1.82, 2.24) is 5.32 Å². The molecule has 3 heteroatoms. The number of hydrogen-bond donors (Lipinski definition) is 1. The lowest BCUT2D eigenvalue weighted by atomic mass is 10.3. The van der Waals surface area contributed by atoms with Crippen molar-refractivity contribution in [3.8, 4) is 0 Å².